The number of tetrazole rings is 1. The zero-order valence-corrected chi connectivity index (χ0v) is 15.7. The van der Waals surface area contributed by atoms with Gasteiger partial charge in [-0.25, -0.2) is 0 Å². The monoisotopic (exact) mass is 402 g/mol. The van der Waals surface area contributed by atoms with Crippen LogP contribution in [0.4, 0.5) is 5.00 Å². The van der Waals surface area contributed by atoms with E-state index in [-0.39, 0.29) is 12.5 Å². The van der Waals surface area contributed by atoms with Gasteiger partial charge in [0.25, 0.3) is 5.91 Å². The van der Waals surface area contributed by atoms with Crippen molar-refractivity contribution in [2.45, 2.75) is 25.8 Å². The number of halogens is 1. The highest BCUT2D eigenvalue weighted by atomic mass is 35.5. The van der Waals surface area contributed by atoms with Crippen LogP contribution in [-0.4, -0.2) is 32.0 Å². The van der Waals surface area contributed by atoms with Crippen molar-refractivity contribution in [2.24, 2.45) is 5.73 Å². The fourth-order valence-electron chi connectivity index (χ4n) is 3.11. The number of nitrogens with two attached hydrogens (primary N) is 1. The Morgan fingerprint density at radius 1 is 1.30 bits per heavy atom. The number of amides is 2. The summed E-state index contributed by atoms with van der Waals surface area (Å²) in [5, 5.41) is 15.8. The van der Waals surface area contributed by atoms with Crippen molar-refractivity contribution in [1.82, 2.24) is 20.2 Å². The minimum atomic E-state index is -0.524. The zero-order valence-electron chi connectivity index (χ0n) is 14.1. The number of rotatable bonds is 5. The van der Waals surface area contributed by atoms with E-state index in [2.05, 4.69) is 20.7 Å². The number of fused-ring (bicyclic) bond motifs is 1. The number of nitrogens with zero attached hydrogens (tertiary/aromatic N) is 4. The second-order valence-electron chi connectivity index (χ2n) is 6.10. The number of benzene rings is 1. The number of carbonyl (C=O) groups excluding carboxylic acids is 2. The third-order valence-corrected chi connectivity index (χ3v) is 5.81. The van der Waals surface area contributed by atoms with E-state index in [1.165, 1.54) is 16.1 Å². The van der Waals surface area contributed by atoms with Crippen LogP contribution in [0, 0.1) is 0 Å². The molecular formula is C17H15ClN6O2S. The molecule has 138 valence electrons. The first-order valence-electron chi connectivity index (χ1n) is 8.30. The molecule has 0 spiro atoms. The molecule has 0 fully saturated rings. The molecule has 0 saturated carbocycles. The summed E-state index contributed by atoms with van der Waals surface area (Å²) in [5.41, 5.74) is 7.52. The first-order valence-corrected chi connectivity index (χ1v) is 9.49. The van der Waals surface area contributed by atoms with E-state index >= 15 is 0 Å². The normalized spacial score (nSPS) is 12.8. The molecule has 1 aliphatic rings. The first kappa shape index (κ1) is 17.6. The van der Waals surface area contributed by atoms with Gasteiger partial charge in [0.15, 0.2) is 0 Å². The summed E-state index contributed by atoms with van der Waals surface area (Å²) in [6, 6.07) is 7.12. The number of aryl methyl sites for hydroxylation is 1. The van der Waals surface area contributed by atoms with Crippen LogP contribution < -0.4 is 11.1 Å². The summed E-state index contributed by atoms with van der Waals surface area (Å²) in [5.74, 6) is -0.550. The van der Waals surface area contributed by atoms with Crippen molar-refractivity contribution in [1.29, 1.82) is 0 Å². The molecule has 1 aromatic carbocycles. The maximum Gasteiger partial charge on any atom is 0.251 e. The lowest BCUT2D eigenvalue weighted by Crippen LogP contribution is -2.22. The minimum absolute atomic E-state index is 0.141. The van der Waals surface area contributed by atoms with Gasteiger partial charge in [-0.05, 0) is 42.2 Å². The zero-order chi connectivity index (χ0) is 19.0. The van der Waals surface area contributed by atoms with Crippen molar-refractivity contribution < 1.29 is 9.59 Å². The van der Waals surface area contributed by atoms with Crippen molar-refractivity contribution in [3.63, 3.8) is 0 Å². The number of anilines is 1. The third-order valence-electron chi connectivity index (χ3n) is 4.27. The number of hydrogen-bond acceptors (Lipinski definition) is 6. The largest absolute Gasteiger partial charge is 0.365 e. The summed E-state index contributed by atoms with van der Waals surface area (Å²) in [7, 11) is 0. The summed E-state index contributed by atoms with van der Waals surface area (Å²) < 4.78 is 0. The number of nitrogens with one attached hydrogen (secondary N) is 1. The Balaban J connectivity index is 1.50. The van der Waals surface area contributed by atoms with E-state index < -0.39 is 5.91 Å². The van der Waals surface area contributed by atoms with Crippen LogP contribution in [0.5, 0.6) is 0 Å². The lowest BCUT2D eigenvalue weighted by molar-refractivity contribution is -0.117. The molecule has 10 heteroatoms. The average molecular weight is 403 g/mol. The smallest absolute Gasteiger partial charge is 0.251 e. The van der Waals surface area contributed by atoms with Crippen molar-refractivity contribution >= 4 is 39.8 Å². The standard InChI is InChI=1S/C17H15ClN6O2S/c18-11-6-2-1-4-9(11)16-21-23-24(22-16)8-13(25)20-17-14(15(19)26)10-5-3-7-12(10)27-17/h1-2,4,6H,3,5,7-8H2,(H2,19,26)(H,20,25). The molecule has 2 aromatic heterocycles. The summed E-state index contributed by atoms with van der Waals surface area (Å²) in [6.07, 6.45) is 2.72. The van der Waals surface area contributed by atoms with Gasteiger partial charge in [0.1, 0.15) is 11.5 Å². The summed E-state index contributed by atoms with van der Waals surface area (Å²) in [6.45, 7) is -0.141. The highest BCUT2D eigenvalue weighted by Crippen LogP contribution is 2.38. The summed E-state index contributed by atoms with van der Waals surface area (Å²) in [4.78, 5) is 26.5. The molecule has 2 amide bonds. The lowest BCUT2D eigenvalue weighted by atomic mass is 10.1. The van der Waals surface area contributed by atoms with Gasteiger partial charge in [0.05, 0.1) is 10.6 Å². The Labute approximate surface area is 163 Å². The fourth-order valence-corrected chi connectivity index (χ4v) is 4.64. The minimum Gasteiger partial charge on any atom is -0.365 e. The van der Waals surface area contributed by atoms with Gasteiger partial charge in [-0.3, -0.25) is 9.59 Å². The van der Waals surface area contributed by atoms with E-state index in [1.807, 2.05) is 6.07 Å². The molecule has 2 heterocycles. The first-order chi connectivity index (χ1) is 13.0. The number of aromatic nitrogens is 4. The van der Waals surface area contributed by atoms with E-state index in [4.69, 9.17) is 17.3 Å². The Bertz CT molecular complexity index is 1040. The van der Waals surface area contributed by atoms with E-state index in [0.717, 1.165) is 29.7 Å². The maximum atomic E-state index is 12.4. The maximum absolute atomic E-state index is 12.4. The quantitative estimate of drug-likeness (QED) is 0.679. The number of primary amides is 1. The molecular weight excluding hydrogens is 388 g/mol. The van der Waals surface area contributed by atoms with Gasteiger partial charge < -0.3 is 11.1 Å². The number of thiophene rings is 1. The van der Waals surface area contributed by atoms with E-state index in [1.54, 1.807) is 18.2 Å². The molecule has 3 N–H and O–H groups in total. The van der Waals surface area contributed by atoms with Crippen molar-refractivity contribution in [2.75, 3.05) is 5.32 Å². The van der Waals surface area contributed by atoms with Crippen LogP contribution in [0.2, 0.25) is 5.02 Å². The molecule has 0 radical (unpaired) electrons. The van der Waals surface area contributed by atoms with E-state index in [9.17, 15) is 9.59 Å². The van der Waals surface area contributed by atoms with Crippen LogP contribution in [-0.2, 0) is 24.2 Å². The molecule has 0 saturated heterocycles. The molecule has 0 unspecified atom stereocenters. The lowest BCUT2D eigenvalue weighted by Gasteiger charge is -2.05. The summed E-state index contributed by atoms with van der Waals surface area (Å²) >= 11 is 7.53. The molecule has 0 atom stereocenters. The van der Waals surface area contributed by atoms with Crippen LogP contribution in [0.15, 0.2) is 24.3 Å². The second kappa shape index (κ2) is 7.09. The molecule has 0 aliphatic heterocycles. The molecule has 27 heavy (non-hydrogen) atoms. The third kappa shape index (κ3) is 3.43. The SMILES string of the molecule is NC(=O)c1c(NC(=O)Cn2nnc(-c3ccccc3Cl)n2)sc2c1CCC2. The molecule has 4 rings (SSSR count). The average Bonchev–Trinajstić information content (AvgIpc) is 3.31. The van der Waals surface area contributed by atoms with Gasteiger partial charge in [-0.1, -0.05) is 23.7 Å². The van der Waals surface area contributed by atoms with Gasteiger partial charge >= 0.3 is 0 Å². The molecule has 8 nitrogen and oxygen atoms in total. The van der Waals surface area contributed by atoms with Crippen LogP contribution in [0.25, 0.3) is 11.4 Å². The fraction of sp³-hybridized carbons (Fsp3) is 0.235. The Morgan fingerprint density at radius 3 is 2.89 bits per heavy atom. The topological polar surface area (TPSA) is 116 Å². The Morgan fingerprint density at radius 2 is 2.11 bits per heavy atom. The number of carbonyl (C=O) groups is 2. The second-order valence-corrected chi connectivity index (χ2v) is 7.61. The molecule has 3 aromatic rings. The Hall–Kier alpha value is -2.78. The van der Waals surface area contributed by atoms with Gasteiger partial charge in [0, 0.05) is 10.4 Å². The highest BCUT2D eigenvalue weighted by molar-refractivity contribution is 7.17. The predicted octanol–water partition coefficient (Wildman–Crippen LogP) is 2.28. The highest BCUT2D eigenvalue weighted by Gasteiger charge is 2.26. The molecule has 0 bridgehead atoms. The van der Waals surface area contributed by atoms with Gasteiger partial charge in [-0.2, -0.15) is 4.80 Å². The number of hydrogen-bond donors (Lipinski definition) is 2. The van der Waals surface area contributed by atoms with Gasteiger partial charge in [0.2, 0.25) is 11.7 Å². The van der Waals surface area contributed by atoms with Crippen LogP contribution >= 0.6 is 22.9 Å². The van der Waals surface area contributed by atoms with Crippen LogP contribution in [0.1, 0.15) is 27.2 Å². The molecule has 1 aliphatic carbocycles. The van der Waals surface area contributed by atoms with Gasteiger partial charge in [-0.15, -0.1) is 21.5 Å². The van der Waals surface area contributed by atoms with Crippen molar-refractivity contribution in [3.05, 3.63) is 45.3 Å². The van der Waals surface area contributed by atoms with Crippen molar-refractivity contribution in [3.8, 4) is 11.4 Å². The Kier molecular flexibility index (Phi) is 4.63. The van der Waals surface area contributed by atoms with E-state index in [0.29, 0.717) is 27.0 Å². The predicted molar refractivity (Wildman–Crippen MR) is 102 cm³/mol. The van der Waals surface area contributed by atoms with Crippen LogP contribution in [0.3, 0.4) is 0 Å².